The monoisotopic (exact) mass is 318 g/mol. The predicted octanol–water partition coefficient (Wildman–Crippen LogP) is 2.20. The van der Waals surface area contributed by atoms with E-state index in [9.17, 15) is 9.90 Å². The van der Waals surface area contributed by atoms with Gasteiger partial charge in [-0.2, -0.15) is 0 Å². The molecule has 2 rings (SSSR count). The Hall–Kier alpha value is -2.48. The van der Waals surface area contributed by atoms with Gasteiger partial charge in [0.1, 0.15) is 5.76 Å². The van der Waals surface area contributed by atoms with Gasteiger partial charge < -0.3 is 19.9 Å². The maximum Gasteiger partial charge on any atom is 0.278 e. The number of rotatable bonds is 6. The van der Waals surface area contributed by atoms with Crippen molar-refractivity contribution in [3.63, 3.8) is 0 Å². The molecular formula is C15H20N5O3-. The zero-order valence-electron chi connectivity index (χ0n) is 13.5. The normalized spacial score (nSPS) is 11.5. The molecule has 0 spiro atoms. The van der Waals surface area contributed by atoms with E-state index in [1.807, 2.05) is 6.92 Å². The van der Waals surface area contributed by atoms with Crippen LogP contribution >= 0.6 is 0 Å². The van der Waals surface area contributed by atoms with Gasteiger partial charge in [-0.25, -0.2) is 0 Å². The van der Waals surface area contributed by atoms with E-state index in [1.54, 1.807) is 19.9 Å². The first kappa shape index (κ1) is 16.9. The van der Waals surface area contributed by atoms with E-state index in [2.05, 4.69) is 15.4 Å². The van der Waals surface area contributed by atoms with E-state index in [1.165, 1.54) is 4.57 Å². The molecule has 124 valence electrons. The van der Waals surface area contributed by atoms with Crippen LogP contribution in [0.2, 0.25) is 0 Å². The summed E-state index contributed by atoms with van der Waals surface area (Å²) in [6.45, 7) is 5.75. The smallest absolute Gasteiger partial charge is 0.278 e. The lowest BCUT2D eigenvalue weighted by Crippen LogP contribution is -2.26. The molecule has 0 saturated carbocycles. The molecule has 0 amide bonds. The Kier molecular flexibility index (Phi) is 5.28. The van der Waals surface area contributed by atoms with E-state index in [0.29, 0.717) is 23.4 Å². The van der Waals surface area contributed by atoms with Crippen LogP contribution in [0.4, 0.5) is 11.5 Å². The highest BCUT2D eigenvalue weighted by Gasteiger charge is 2.14. The van der Waals surface area contributed by atoms with Crippen LogP contribution in [0.1, 0.15) is 36.7 Å². The molecule has 23 heavy (non-hydrogen) atoms. The first-order chi connectivity index (χ1) is 11.0. The van der Waals surface area contributed by atoms with E-state index in [0.717, 1.165) is 12.8 Å². The summed E-state index contributed by atoms with van der Waals surface area (Å²) in [6.07, 6.45) is 1.59. The first-order valence-corrected chi connectivity index (χ1v) is 7.48. The summed E-state index contributed by atoms with van der Waals surface area (Å²) in [5.74, 6) is 0.509. The lowest BCUT2D eigenvalue weighted by atomic mass is 10.1. The number of nitrogens with two attached hydrogens (primary N) is 1. The fourth-order valence-corrected chi connectivity index (χ4v) is 2.23. The van der Waals surface area contributed by atoms with Crippen LogP contribution < -0.4 is 16.4 Å². The molecule has 2 aromatic rings. The van der Waals surface area contributed by atoms with Gasteiger partial charge in [0.2, 0.25) is 5.82 Å². The van der Waals surface area contributed by atoms with Gasteiger partial charge in [-0.1, -0.05) is 18.5 Å². The highest BCUT2D eigenvalue weighted by atomic mass is 16.5. The topological polar surface area (TPSA) is 122 Å². The van der Waals surface area contributed by atoms with Crippen LogP contribution in [-0.4, -0.2) is 9.72 Å². The number of aromatic nitrogens is 2. The maximum absolute atomic E-state index is 12.5. The number of nitrogens with zero attached hydrogens (tertiary/aromatic N) is 4. The molecule has 2 aromatic heterocycles. The summed E-state index contributed by atoms with van der Waals surface area (Å²) in [4.78, 5) is 12.5. The Morgan fingerprint density at radius 3 is 2.70 bits per heavy atom. The van der Waals surface area contributed by atoms with Crippen molar-refractivity contribution < 1.29 is 9.63 Å². The van der Waals surface area contributed by atoms with Crippen LogP contribution in [0.5, 0.6) is 5.88 Å². The van der Waals surface area contributed by atoms with Crippen molar-refractivity contribution in [1.82, 2.24) is 9.72 Å². The number of azo groups is 1. The van der Waals surface area contributed by atoms with Gasteiger partial charge in [-0.15, -0.1) is 10.2 Å². The minimum absolute atomic E-state index is 0.0443. The van der Waals surface area contributed by atoms with Gasteiger partial charge in [-0.3, -0.25) is 4.79 Å². The Morgan fingerprint density at radius 2 is 2.13 bits per heavy atom. The number of aryl methyl sites for hydroxylation is 1. The van der Waals surface area contributed by atoms with Gasteiger partial charge >= 0.3 is 0 Å². The van der Waals surface area contributed by atoms with Crippen LogP contribution in [0.15, 0.2) is 25.6 Å². The fraction of sp³-hybridized carbons (Fsp3) is 0.467. The second kappa shape index (κ2) is 7.19. The van der Waals surface area contributed by atoms with Crippen molar-refractivity contribution in [1.29, 1.82) is 0 Å². The molecule has 0 aliphatic heterocycles. The van der Waals surface area contributed by atoms with Gasteiger partial charge in [-0.05, 0) is 37.3 Å². The summed E-state index contributed by atoms with van der Waals surface area (Å²) >= 11 is 0. The third-order valence-electron chi connectivity index (χ3n) is 3.57. The minimum atomic E-state index is -0.456. The molecule has 0 radical (unpaired) electrons. The van der Waals surface area contributed by atoms with E-state index >= 15 is 0 Å². The van der Waals surface area contributed by atoms with Gasteiger partial charge in [0.15, 0.2) is 5.69 Å². The Bertz CT molecular complexity index is 776. The number of hydrogen-bond donors (Lipinski definition) is 1. The van der Waals surface area contributed by atoms with Gasteiger partial charge in [0, 0.05) is 19.2 Å². The molecule has 8 heteroatoms. The van der Waals surface area contributed by atoms with Crippen molar-refractivity contribution in [3.8, 4) is 5.88 Å². The summed E-state index contributed by atoms with van der Waals surface area (Å²) in [5.41, 5.74) is 6.16. The van der Waals surface area contributed by atoms with E-state index in [-0.39, 0.29) is 23.9 Å². The highest BCUT2D eigenvalue weighted by Crippen LogP contribution is 2.25. The largest absolute Gasteiger partial charge is 0.860 e. The zero-order chi connectivity index (χ0) is 17.0. The Balaban J connectivity index is 2.53. The molecule has 0 atom stereocenters. The summed E-state index contributed by atoms with van der Waals surface area (Å²) < 4.78 is 6.08. The average molecular weight is 318 g/mol. The molecule has 2 N–H and O–H groups in total. The van der Waals surface area contributed by atoms with Crippen LogP contribution in [-0.2, 0) is 13.1 Å². The second-order valence-electron chi connectivity index (χ2n) is 5.27. The van der Waals surface area contributed by atoms with E-state index in [4.69, 9.17) is 10.3 Å². The number of pyridine rings is 1. The molecule has 0 aliphatic carbocycles. The van der Waals surface area contributed by atoms with Crippen LogP contribution in [0.25, 0.3) is 0 Å². The molecule has 0 unspecified atom stereocenters. The molecule has 0 bridgehead atoms. The molecule has 8 nitrogen and oxygen atoms in total. The van der Waals surface area contributed by atoms with Crippen molar-refractivity contribution in [2.45, 2.75) is 46.7 Å². The van der Waals surface area contributed by atoms with Gasteiger partial charge in [0.05, 0.1) is 0 Å². The lowest BCUT2D eigenvalue weighted by Gasteiger charge is -2.22. The molecule has 0 aromatic carbocycles. The SMILES string of the molecule is CCCCn1c([O-])c(CN)c(C)c(N=Nc2cc(C)on2)c1=O. The third kappa shape index (κ3) is 3.48. The minimum Gasteiger partial charge on any atom is -0.860 e. The Morgan fingerprint density at radius 1 is 1.39 bits per heavy atom. The standard InChI is InChI=1S/C15H21N5O3/c1-4-5-6-20-14(21)11(8-16)10(3)13(15(20)22)18-17-12-7-9(2)23-19-12/h7,21H,4-6,8,16H2,1-3H3/p-1. The predicted molar refractivity (Wildman–Crippen MR) is 83.1 cm³/mol. The zero-order valence-corrected chi connectivity index (χ0v) is 13.5. The summed E-state index contributed by atoms with van der Waals surface area (Å²) in [7, 11) is 0. The third-order valence-corrected chi connectivity index (χ3v) is 3.57. The molecule has 0 saturated heterocycles. The maximum atomic E-state index is 12.5. The van der Waals surface area contributed by atoms with Crippen LogP contribution in [0.3, 0.4) is 0 Å². The fourth-order valence-electron chi connectivity index (χ4n) is 2.23. The molecule has 0 aliphatic rings. The van der Waals surface area contributed by atoms with Crippen molar-refractivity contribution in [2.75, 3.05) is 0 Å². The highest BCUT2D eigenvalue weighted by molar-refractivity contribution is 5.51. The summed E-state index contributed by atoms with van der Waals surface area (Å²) in [5, 5.41) is 23.9. The van der Waals surface area contributed by atoms with Crippen molar-refractivity contribution in [3.05, 3.63) is 33.3 Å². The Labute approximate surface area is 133 Å². The van der Waals surface area contributed by atoms with Crippen molar-refractivity contribution >= 4 is 11.5 Å². The van der Waals surface area contributed by atoms with Crippen molar-refractivity contribution in [2.24, 2.45) is 16.0 Å². The average Bonchev–Trinajstić information content (AvgIpc) is 2.93. The first-order valence-electron chi connectivity index (χ1n) is 7.48. The number of hydrogen-bond acceptors (Lipinski definition) is 7. The molecule has 0 fully saturated rings. The number of unbranched alkanes of at least 4 members (excludes halogenated alkanes) is 1. The summed E-state index contributed by atoms with van der Waals surface area (Å²) in [6, 6.07) is 1.60. The molecule has 2 heterocycles. The van der Waals surface area contributed by atoms with Crippen LogP contribution in [0, 0.1) is 13.8 Å². The van der Waals surface area contributed by atoms with Gasteiger partial charge in [0.25, 0.3) is 5.56 Å². The quantitative estimate of drug-likeness (QED) is 0.818. The van der Waals surface area contributed by atoms with E-state index < -0.39 is 5.56 Å². The molecular weight excluding hydrogens is 298 g/mol. The second-order valence-corrected chi connectivity index (χ2v) is 5.27. The lowest BCUT2D eigenvalue weighted by molar-refractivity contribution is -0.281.